The maximum atomic E-state index is 0. The van der Waals surface area contributed by atoms with Gasteiger partial charge in [-0.05, 0) is 0 Å². The van der Waals surface area contributed by atoms with Crippen LogP contribution in [0.15, 0.2) is 0 Å². The predicted octanol–water partition coefficient (Wildman–Crippen LogP) is -2.59. The maximum absolute atomic E-state index is 0. The summed E-state index contributed by atoms with van der Waals surface area (Å²) in [6.45, 7) is 0. The van der Waals surface area contributed by atoms with E-state index >= 15 is 0 Å². The molecule has 0 saturated heterocycles. The van der Waals surface area contributed by atoms with Crippen molar-refractivity contribution in [3.05, 3.63) is 0 Å². The first-order valence-corrected chi connectivity index (χ1v) is 0. The van der Waals surface area contributed by atoms with E-state index in [0.29, 0.717) is 0 Å². The van der Waals surface area contributed by atoms with Gasteiger partial charge in [-0.2, -0.15) is 0 Å². The molecule has 0 fully saturated rings. The third kappa shape index (κ3) is 8.83. The average Bonchev–Trinajstić information content (AvgIpc) is 0. The van der Waals surface area contributed by atoms with Crippen molar-refractivity contribution in [1.29, 1.82) is 0 Å². The zero-order chi connectivity index (χ0) is 0. The van der Waals surface area contributed by atoms with Gasteiger partial charge in [-0.1, -0.05) is 0 Å². The van der Waals surface area contributed by atoms with E-state index in [1.54, 1.807) is 0 Å². The van der Waals surface area contributed by atoms with E-state index in [-0.39, 0.29) is 86.3 Å². The zero-order valence-corrected chi connectivity index (χ0v) is 8.94. The van der Waals surface area contributed by atoms with Crippen LogP contribution >= 0.6 is 0 Å². The molecular formula is H4BeInMgTl. The Morgan fingerprint density at radius 2 is 1.00 bits per heavy atom. The Kier molecular flexibility index (Phi) is 128. The van der Waals surface area contributed by atoms with Gasteiger partial charge in [0.2, 0.25) is 0 Å². The minimum atomic E-state index is 0. The zero-order valence-electron chi connectivity index (χ0n) is 1.15. The van der Waals surface area contributed by atoms with E-state index in [1.165, 1.54) is 0 Å². The number of hydrogen-bond acceptors (Lipinski definition) is 0. The standard InChI is InChI=1S/Be.In.Mg.Tl.4H. The van der Waals surface area contributed by atoms with Crippen molar-refractivity contribution in [2.45, 2.75) is 0 Å². The van der Waals surface area contributed by atoms with Crippen LogP contribution in [-0.2, 0) is 0 Å². The van der Waals surface area contributed by atoms with Crippen LogP contribution in [0.25, 0.3) is 0 Å². The van der Waals surface area contributed by atoms with E-state index in [2.05, 4.69) is 0 Å². The molecule has 0 aliphatic carbocycles. The molecule has 0 atom stereocenters. The first-order chi connectivity index (χ1) is 0. The first kappa shape index (κ1) is 29.7. The van der Waals surface area contributed by atoms with Gasteiger partial charge in [-0.3, -0.25) is 0 Å². The fourth-order valence-electron chi connectivity index (χ4n) is 0. The molecule has 0 bridgehead atoms. The fraction of sp³-hybridized carbons (Fsp3) is 0. The molecule has 0 spiro atoms. The Hall–Kier alpha value is 2.73. The summed E-state index contributed by atoms with van der Waals surface area (Å²) in [6.07, 6.45) is 0. The monoisotopic (exact) mass is 357 g/mol. The van der Waals surface area contributed by atoms with Crippen LogP contribution in [0.4, 0.5) is 0 Å². The number of hydrogen-bond donors (Lipinski definition) is 0. The minimum absolute atomic E-state index is 0. The van der Waals surface area contributed by atoms with Gasteiger partial charge in [0.05, 0.1) is 0 Å². The molecule has 0 aromatic carbocycles. The normalized spacial score (nSPS) is 0. The summed E-state index contributed by atoms with van der Waals surface area (Å²) >= 11 is 0. The SMILES string of the molecule is [BeH2].[In].[MgH2].[Tl]. The van der Waals surface area contributed by atoms with Crippen LogP contribution in [0.2, 0.25) is 0 Å². The molecule has 4 heavy (non-hydrogen) atoms. The van der Waals surface area contributed by atoms with Gasteiger partial charge in [0.25, 0.3) is 0 Å². The van der Waals surface area contributed by atoms with Crippen LogP contribution in [0, 0.1) is 0 Å². The van der Waals surface area contributed by atoms with Crippen molar-refractivity contribution in [3.63, 3.8) is 0 Å². The van der Waals surface area contributed by atoms with Gasteiger partial charge in [0.1, 0.15) is 0 Å². The van der Waals surface area contributed by atoms with E-state index in [4.69, 9.17) is 0 Å². The van der Waals surface area contributed by atoms with Gasteiger partial charge in [0, 0.05) is 53.1 Å². The molecule has 0 saturated carbocycles. The van der Waals surface area contributed by atoms with Crippen LogP contribution in [0.5, 0.6) is 0 Å². The molecule has 0 aliphatic rings. The van der Waals surface area contributed by atoms with E-state index in [9.17, 15) is 0 Å². The summed E-state index contributed by atoms with van der Waals surface area (Å²) in [6, 6.07) is 0. The van der Waals surface area contributed by atoms with Crippen LogP contribution in [-0.4, -0.2) is 86.3 Å². The van der Waals surface area contributed by atoms with Crippen molar-refractivity contribution in [3.8, 4) is 0 Å². The first-order valence-electron chi connectivity index (χ1n) is 0. The summed E-state index contributed by atoms with van der Waals surface area (Å²) in [7, 11) is 0. The third-order valence-electron chi connectivity index (χ3n) is 0. The van der Waals surface area contributed by atoms with Gasteiger partial charge in [0.15, 0.2) is 0 Å². The Labute approximate surface area is 84.8 Å². The summed E-state index contributed by atoms with van der Waals surface area (Å²) in [4.78, 5) is 0. The topological polar surface area (TPSA) is 0 Å². The molecule has 0 unspecified atom stereocenters. The van der Waals surface area contributed by atoms with Crippen LogP contribution < -0.4 is 0 Å². The van der Waals surface area contributed by atoms with E-state index < -0.39 is 0 Å². The van der Waals surface area contributed by atoms with Crippen molar-refractivity contribution in [1.82, 2.24) is 0 Å². The molecule has 0 aliphatic heterocycles. The van der Waals surface area contributed by atoms with Crippen molar-refractivity contribution >= 4 is 86.3 Å². The van der Waals surface area contributed by atoms with Gasteiger partial charge in [-0.15, -0.1) is 0 Å². The molecule has 4 radical (unpaired) electrons. The molecule has 0 rings (SSSR count). The van der Waals surface area contributed by atoms with E-state index in [1.807, 2.05) is 0 Å². The second kappa shape index (κ2) is 17.2. The molecule has 0 amide bonds. The fourth-order valence-corrected chi connectivity index (χ4v) is 0. The quantitative estimate of drug-likeness (QED) is 0.418. The van der Waals surface area contributed by atoms with Crippen molar-refractivity contribution in [2.75, 3.05) is 0 Å². The second-order valence-electron chi connectivity index (χ2n) is 0. The molecular weight excluding hydrogens is 353 g/mol. The van der Waals surface area contributed by atoms with Crippen molar-refractivity contribution in [2.24, 2.45) is 0 Å². The maximum Gasteiger partial charge on any atom is 0.316 e. The Bertz CT molecular complexity index is 8.00. The molecule has 0 heterocycles. The third-order valence-corrected chi connectivity index (χ3v) is 0. The van der Waals surface area contributed by atoms with E-state index in [0.717, 1.165) is 0 Å². The Morgan fingerprint density at radius 1 is 1.00 bits per heavy atom. The minimum Gasteiger partial charge on any atom is 0 e. The smallest absolute Gasteiger partial charge is 0 e. The predicted molar refractivity (Wildman–Crippen MR) is 28.6 cm³/mol. The second-order valence-corrected chi connectivity index (χ2v) is 0. The van der Waals surface area contributed by atoms with Gasteiger partial charge < -0.3 is 0 Å². The number of rotatable bonds is 0. The molecule has 4 heteroatoms. The molecule has 14 valence electrons. The Balaban J connectivity index is 0. The average molecular weight is 357 g/mol. The summed E-state index contributed by atoms with van der Waals surface area (Å²) in [5, 5.41) is 0. The molecule has 0 N–H and O–H groups in total. The summed E-state index contributed by atoms with van der Waals surface area (Å²) in [5.74, 6) is 0. The van der Waals surface area contributed by atoms with Crippen molar-refractivity contribution < 1.29 is 0 Å². The van der Waals surface area contributed by atoms with Gasteiger partial charge in [-0.25, -0.2) is 0 Å². The largest absolute Gasteiger partial charge is 0.316 e. The van der Waals surface area contributed by atoms with Gasteiger partial charge >= 0.3 is 33.2 Å². The summed E-state index contributed by atoms with van der Waals surface area (Å²) in [5.41, 5.74) is 0. The molecule has 0 nitrogen and oxygen atoms in total. The van der Waals surface area contributed by atoms with Crippen LogP contribution in [0.3, 0.4) is 0 Å². The van der Waals surface area contributed by atoms with Crippen LogP contribution in [0.1, 0.15) is 0 Å². The summed E-state index contributed by atoms with van der Waals surface area (Å²) < 4.78 is 0. The molecule has 0 aromatic heterocycles. The molecule has 0 aromatic rings. The Morgan fingerprint density at radius 3 is 1.00 bits per heavy atom.